The first kappa shape index (κ1) is 25.0. The highest BCUT2D eigenvalue weighted by molar-refractivity contribution is 5.97. The van der Waals surface area contributed by atoms with E-state index in [0.717, 1.165) is 11.1 Å². The topological polar surface area (TPSA) is 145 Å². The first-order chi connectivity index (χ1) is 16.8. The summed E-state index contributed by atoms with van der Waals surface area (Å²) < 4.78 is 0. The Balaban J connectivity index is 1.52. The summed E-state index contributed by atoms with van der Waals surface area (Å²) in [5.41, 5.74) is 3.11. The van der Waals surface area contributed by atoms with Gasteiger partial charge in [0, 0.05) is 24.0 Å². The fourth-order valence-corrected chi connectivity index (χ4v) is 3.31. The average Bonchev–Trinajstić information content (AvgIpc) is 2.84. The van der Waals surface area contributed by atoms with Gasteiger partial charge in [0.15, 0.2) is 0 Å². The Morgan fingerprint density at radius 3 is 2.03 bits per heavy atom. The van der Waals surface area contributed by atoms with Crippen LogP contribution in [0.1, 0.15) is 29.5 Å². The molecule has 0 unspecified atom stereocenters. The minimum absolute atomic E-state index is 0.0744. The Labute approximate surface area is 201 Å². The van der Waals surface area contributed by atoms with Crippen LogP contribution < -0.4 is 20.9 Å². The summed E-state index contributed by atoms with van der Waals surface area (Å²) in [5.74, 6) is 3.01. The van der Waals surface area contributed by atoms with Crippen molar-refractivity contribution < 1.29 is 29.1 Å². The fourth-order valence-electron chi connectivity index (χ4n) is 3.31. The number of nitrogens with zero attached hydrogens (tertiary/aromatic N) is 1. The van der Waals surface area contributed by atoms with Crippen LogP contribution in [0.5, 0.6) is 0 Å². The van der Waals surface area contributed by atoms with Crippen molar-refractivity contribution in [2.75, 3.05) is 24.5 Å². The number of hydrogen-bond donors (Lipinski definition) is 4. The maximum absolute atomic E-state index is 13.1. The van der Waals surface area contributed by atoms with Gasteiger partial charge in [0.25, 0.3) is 0 Å². The lowest BCUT2D eigenvalue weighted by atomic mass is 10.0. The molecule has 4 N–H and O–H groups in total. The third kappa shape index (κ3) is 7.43. The molecule has 0 fully saturated rings. The van der Waals surface area contributed by atoms with Crippen LogP contribution in [0.2, 0.25) is 0 Å². The van der Waals surface area contributed by atoms with Gasteiger partial charge < -0.3 is 26.0 Å². The van der Waals surface area contributed by atoms with Crippen LogP contribution in [0, 0.1) is 11.8 Å². The van der Waals surface area contributed by atoms with Gasteiger partial charge in [-0.05, 0) is 23.8 Å². The molecule has 0 saturated carbocycles. The molecule has 1 heterocycles. The van der Waals surface area contributed by atoms with Crippen molar-refractivity contribution in [3.63, 3.8) is 0 Å². The normalized spacial score (nSPS) is 11.4. The summed E-state index contributed by atoms with van der Waals surface area (Å²) in [5, 5.41) is 15.3. The molecule has 0 aromatic heterocycles. The van der Waals surface area contributed by atoms with Crippen molar-refractivity contribution in [3.05, 3.63) is 65.2 Å². The predicted molar refractivity (Wildman–Crippen MR) is 126 cm³/mol. The van der Waals surface area contributed by atoms with Crippen LogP contribution in [0.3, 0.4) is 0 Å². The molecule has 0 spiro atoms. The maximum atomic E-state index is 13.1. The second-order valence-electron chi connectivity index (χ2n) is 7.63. The molecule has 1 aliphatic rings. The zero-order valence-corrected chi connectivity index (χ0v) is 18.8. The molecule has 2 aromatic carbocycles. The van der Waals surface area contributed by atoms with Crippen LogP contribution in [0.15, 0.2) is 48.5 Å². The number of benzene rings is 2. The van der Waals surface area contributed by atoms with Crippen LogP contribution in [-0.4, -0.2) is 54.3 Å². The number of fused-ring (bicyclic) bond motifs is 2. The minimum Gasteiger partial charge on any atom is -0.480 e. The number of hydrogen-bond acceptors (Lipinski definition) is 5. The number of carbonyl (C=O) groups excluding carboxylic acids is 4. The van der Waals surface area contributed by atoms with Crippen molar-refractivity contribution in [2.24, 2.45) is 0 Å². The zero-order chi connectivity index (χ0) is 25.2. The van der Waals surface area contributed by atoms with Gasteiger partial charge in [-0.2, -0.15) is 0 Å². The van der Waals surface area contributed by atoms with E-state index in [1.54, 1.807) is 4.90 Å². The van der Waals surface area contributed by atoms with Gasteiger partial charge in [0.05, 0.1) is 25.3 Å². The molecular weight excluding hydrogens is 452 g/mol. The quantitative estimate of drug-likeness (QED) is 0.379. The number of anilines is 1. The number of carboxylic acids is 1. The number of aliphatic carboxylic acids is 1. The molecule has 0 aliphatic carbocycles. The molecule has 180 valence electrons. The van der Waals surface area contributed by atoms with Crippen LogP contribution in [0.25, 0.3) is 0 Å². The second kappa shape index (κ2) is 12.0. The van der Waals surface area contributed by atoms with E-state index in [2.05, 4.69) is 27.8 Å². The van der Waals surface area contributed by atoms with Gasteiger partial charge in [-0.1, -0.05) is 42.2 Å². The maximum Gasteiger partial charge on any atom is 0.322 e. The molecule has 0 bridgehead atoms. The number of para-hydroxylation sites is 1. The van der Waals surface area contributed by atoms with Crippen molar-refractivity contribution in [2.45, 2.75) is 19.4 Å². The van der Waals surface area contributed by atoms with Crippen molar-refractivity contribution >= 4 is 35.3 Å². The first-order valence-electron chi connectivity index (χ1n) is 10.8. The lowest BCUT2D eigenvalue weighted by molar-refractivity contribution is -0.137. The lowest BCUT2D eigenvalue weighted by Crippen LogP contribution is -2.43. The molecule has 10 nitrogen and oxygen atoms in total. The Kier molecular flexibility index (Phi) is 8.56. The number of rotatable bonds is 9. The predicted octanol–water partition coefficient (Wildman–Crippen LogP) is 0.146. The molecule has 1 aliphatic heterocycles. The minimum atomic E-state index is -1.21. The summed E-state index contributed by atoms with van der Waals surface area (Å²) in [4.78, 5) is 60.5. The largest absolute Gasteiger partial charge is 0.480 e. The Morgan fingerprint density at radius 1 is 0.743 bits per heavy atom. The fraction of sp³-hybridized carbons (Fsp3) is 0.240. The van der Waals surface area contributed by atoms with Gasteiger partial charge in [-0.25, -0.2) is 0 Å². The molecule has 0 radical (unpaired) electrons. The van der Waals surface area contributed by atoms with E-state index >= 15 is 0 Å². The molecule has 35 heavy (non-hydrogen) atoms. The van der Waals surface area contributed by atoms with Gasteiger partial charge in [-0.3, -0.25) is 24.0 Å². The monoisotopic (exact) mass is 476 g/mol. The third-order valence-electron chi connectivity index (χ3n) is 5.07. The lowest BCUT2D eigenvalue weighted by Gasteiger charge is -2.26. The summed E-state index contributed by atoms with van der Waals surface area (Å²) in [6.45, 7) is -1.04. The molecule has 2 aromatic rings. The SMILES string of the molecule is O=C(O)CNC(=O)CNC(=O)CNC(=O)CCC(=O)N1Cc2ccccc2C#Cc2ccccc21. The summed E-state index contributed by atoms with van der Waals surface area (Å²) >= 11 is 0. The van der Waals surface area contributed by atoms with E-state index in [1.165, 1.54) is 0 Å². The van der Waals surface area contributed by atoms with Crippen molar-refractivity contribution in [1.82, 2.24) is 16.0 Å². The highest BCUT2D eigenvalue weighted by atomic mass is 16.4. The van der Waals surface area contributed by atoms with Gasteiger partial charge in [-0.15, -0.1) is 0 Å². The molecular formula is C25H24N4O6. The molecule has 0 atom stereocenters. The second-order valence-corrected chi connectivity index (χ2v) is 7.63. The van der Waals surface area contributed by atoms with Crippen LogP contribution in [0.4, 0.5) is 5.69 Å². The Morgan fingerprint density at radius 2 is 1.31 bits per heavy atom. The summed E-state index contributed by atoms with van der Waals surface area (Å²) in [7, 11) is 0. The summed E-state index contributed by atoms with van der Waals surface area (Å²) in [6.07, 6.45) is -0.202. The van der Waals surface area contributed by atoms with E-state index in [9.17, 15) is 24.0 Å². The van der Waals surface area contributed by atoms with Crippen LogP contribution >= 0.6 is 0 Å². The highest BCUT2D eigenvalue weighted by Crippen LogP contribution is 2.26. The van der Waals surface area contributed by atoms with E-state index in [0.29, 0.717) is 17.8 Å². The molecule has 4 amide bonds. The van der Waals surface area contributed by atoms with Gasteiger partial charge >= 0.3 is 5.97 Å². The Bertz CT molecular complexity index is 1210. The van der Waals surface area contributed by atoms with E-state index < -0.39 is 36.8 Å². The number of carbonyl (C=O) groups is 5. The Hall–Kier alpha value is -4.65. The zero-order valence-electron chi connectivity index (χ0n) is 18.8. The standard InChI is InChI=1S/C25H24N4O6/c30-21(26-13-22(31)27-14-23(32)28-15-25(34)35)11-12-24(33)29-16-19-7-2-1-5-17(19)9-10-18-6-3-4-8-20(18)29/h1-8H,11-16H2,(H,26,30)(H,27,31)(H,28,32)(H,34,35). The van der Waals surface area contributed by atoms with E-state index in [4.69, 9.17) is 5.11 Å². The number of amides is 4. The van der Waals surface area contributed by atoms with E-state index in [-0.39, 0.29) is 25.3 Å². The molecule has 0 saturated heterocycles. The van der Waals surface area contributed by atoms with Gasteiger partial charge in [0.2, 0.25) is 23.6 Å². The first-order valence-corrected chi connectivity index (χ1v) is 10.8. The number of nitrogens with one attached hydrogen (secondary N) is 3. The van der Waals surface area contributed by atoms with Crippen LogP contribution in [-0.2, 0) is 30.5 Å². The smallest absolute Gasteiger partial charge is 0.322 e. The third-order valence-corrected chi connectivity index (χ3v) is 5.07. The average molecular weight is 476 g/mol. The van der Waals surface area contributed by atoms with Gasteiger partial charge in [0.1, 0.15) is 6.54 Å². The van der Waals surface area contributed by atoms with E-state index in [1.807, 2.05) is 48.5 Å². The van der Waals surface area contributed by atoms with Crippen molar-refractivity contribution in [1.29, 1.82) is 0 Å². The summed E-state index contributed by atoms with van der Waals surface area (Å²) in [6, 6.07) is 14.9. The highest BCUT2D eigenvalue weighted by Gasteiger charge is 2.21. The molecule has 3 rings (SSSR count). The van der Waals surface area contributed by atoms with Crippen molar-refractivity contribution in [3.8, 4) is 11.8 Å². The number of carboxylic acid groups (broad SMARTS) is 1. The molecule has 10 heteroatoms.